The summed E-state index contributed by atoms with van der Waals surface area (Å²) in [4.78, 5) is 0. The molecule has 0 bridgehead atoms. The highest BCUT2D eigenvalue weighted by Crippen LogP contribution is 2.34. The zero-order valence-corrected chi connectivity index (χ0v) is 11.0. The van der Waals surface area contributed by atoms with E-state index in [2.05, 4.69) is 22.9 Å². The summed E-state index contributed by atoms with van der Waals surface area (Å²) < 4.78 is 11.8. The van der Waals surface area contributed by atoms with Crippen LogP contribution in [0.1, 0.15) is 13.3 Å². The van der Waals surface area contributed by atoms with E-state index in [1.54, 1.807) is 0 Å². The molecule has 0 unspecified atom stereocenters. The normalized spacial score (nSPS) is 10.1. The lowest BCUT2D eigenvalue weighted by Crippen LogP contribution is -2.00. The van der Waals surface area contributed by atoms with Crippen molar-refractivity contribution < 1.29 is 9.47 Å². The molecule has 0 aliphatic rings. The fraction of sp³-hybridized carbons (Fsp3) is 0.455. The van der Waals surface area contributed by atoms with Gasteiger partial charge in [0.2, 0.25) is 0 Å². The van der Waals surface area contributed by atoms with Crippen LogP contribution in [0.3, 0.4) is 0 Å². The van der Waals surface area contributed by atoms with Gasteiger partial charge in [-0.25, -0.2) is 0 Å². The number of ether oxygens (including phenoxy) is 2. The topological polar surface area (TPSA) is 18.5 Å². The molecule has 0 radical (unpaired) electrons. The number of hydrogen-bond donors (Lipinski definition) is 0. The number of halogens is 2. The number of benzene rings is 1. The Balaban J connectivity index is 2.71. The van der Waals surface area contributed by atoms with Gasteiger partial charge in [-0.05, 0) is 34.5 Å². The third-order valence-corrected chi connectivity index (χ3v) is 2.66. The minimum Gasteiger partial charge on any atom is -0.492 e. The molecule has 1 aromatic carbocycles. The maximum absolute atomic E-state index is 5.56. The van der Waals surface area contributed by atoms with E-state index in [0.717, 1.165) is 22.4 Å². The third-order valence-electron chi connectivity index (χ3n) is 1.72. The summed E-state index contributed by atoms with van der Waals surface area (Å²) in [5, 5.41) is 0. The maximum atomic E-state index is 5.56. The second-order valence-electron chi connectivity index (χ2n) is 2.95. The van der Waals surface area contributed by atoms with Gasteiger partial charge in [0.05, 0.1) is 12.5 Å². The fourth-order valence-electron chi connectivity index (χ4n) is 1.07. The fourth-order valence-corrected chi connectivity index (χ4v) is 1.64. The molecule has 4 heteroatoms. The zero-order valence-electron chi connectivity index (χ0n) is 8.63. The van der Waals surface area contributed by atoms with E-state index in [4.69, 9.17) is 21.1 Å². The van der Waals surface area contributed by atoms with Crippen LogP contribution in [-0.2, 0) is 0 Å². The summed E-state index contributed by atoms with van der Waals surface area (Å²) >= 11 is 9.00. The number of rotatable bonds is 6. The molecule has 0 spiro atoms. The number of alkyl halides is 1. The molecule has 0 fully saturated rings. The van der Waals surface area contributed by atoms with E-state index in [1.807, 2.05) is 18.2 Å². The van der Waals surface area contributed by atoms with Crippen LogP contribution in [-0.4, -0.2) is 19.1 Å². The lowest BCUT2D eigenvalue weighted by molar-refractivity contribution is 0.306. The highest BCUT2D eigenvalue weighted by molar-refractivity contribution is 9.10. The molecule has 0 amide bonds. The van der Waals surface area contributed by atoms with Crippen LogP contribution < -0.4 is 9.47 Å². The molecule has 0 saturated heterocycles. The molecule has 0 aliphatic heterocycles. The molecule has 1 rings (SSSR count). The quantitative estimate of drug-likeness (QED) is 0.742. The van der Waals surface area contributed by atoms with E-state index >= 15 is 0 Å². The Bertz CT molecular complexity index is 278. The van der Waals surface area contributed by atoms with Gasteiger partial charge in [-0.3, -0.25) is 0 Å². The van der Waals surface area contributed by atoms with Gasteiger partial charge in [0.1, 0.15) is 22.6 Å². The summed E-state index contributed by atoms with van der Waals surface area (Å²) in [6.45, 7) is 3.27. The Morgan fingerprint density at radius 2 is 1.80 bits per heavy atom. The Morgan fingerprint density at radius 3 is 2.33 bits per heavy atom. The summed E-state index contributed by atoms with van der Waals surface area (Å²) in [7, 11) is 0. The second-order valence-corrected chi connectivity index (χ2v) is 4.13. The monoisotopic (exact) mass is 292 g/mol. The summed E-state index contributed by atoms with van der Waals surface area (Å²) in [6.07, 6.45) is 0.985. The van der Waals surface area contributed by atoms with Crippen molar-refractivity contribution >= 4 is 27.5 Å². The Kier molecular flexibility index (Phi) is 5.88. The van der Waals surface area contributed by atoms with Crippen LogP contribution in [0, 0.1) is 0 Å². The first-order valence-corrected chi connectivity index (χ1v) is 6.22. The minimum absolute atomic E-state index is 0.479. The molecule has 0 saturated carbocycles. The van der Waals surface area contributed by atoms with Crippen molar-refractivity contribution in [3.05, 3.63) is 22.7 Å². The average molecular weight is 294 g/mol. The first-order valence-electron chi connectivity index (χ1n) is 4.89. The molecule has 0 aliphatic carbocycles. The second kappa shape index (κ2) is 6.96. The summed E-state index contributed by atoms with van der Waals surface area (Å²) in [6, 6.07) is 5.70. The summed E-state index contributed by atoms with van der Waals surface area (Å²) in [5.41, 5.74) is 0. The van der Waals surface area contributed by atoms with E-state index in [0.29, 0.717) is 19.1 Å². The molecule has 15 heavy (non-hydrogen) atoms. The van der Waals surface area contributed by atoms with Gasteiger partial charge in [0.15, 0.2) is 0 Å². The molecule has 0 aromatic heterocycles. The Labute approximate surface area is 104 Å². The van der Waals surface area contributed by atoms with Gasteiger partial charge in [0.25, 0.3) is 0 Å². The van der Waals surface area contributed by atoms with Crippen molar-refractivity contribution in [2.45, 2.75) is 13.3 Å². The maximum Gasteiger partial charge on any atom is 0.137 e. The van der Waals surface area contributed by atoms with Gasteiger partial charge in [-0.2, -0.15) is 0 Å². The van der Waals surface area contributed by atoms with Crippen LogP contribution in [0.4, 0.5) is 0 Å². The molecule has 1 aromatic rings. The van der Waals surface area contributed by atoms with Crippen LogP contribution >= 0.6 is 27.5 Å². The van der Waals surface area contributed by atoms with Crippen LogP contribution in [0.2, 0.25) is 0 Å². The predicted octanol–water partition coefficient (Wildman–Crippen LogP) is 3.86. The van der Waals surface area contributed by atoms with Gasteiger partial charge in [0, 0.05) is 0 Å². The molecule has 0 N–H and O–H groups in total. The molecular formula is C11H14BrClO2. The zero-order chi connectivity index (χ0) is 11.1. The van der Waals surface area contributed by atoms with Crippen LogP contribution in [0.15, 0.2) is 22.7 Å². The lowest BCUT2D eigenvalue weighted by Gasteiger charge is -2.11. The minimum atomic E-state index is 0.479. The third kappa shape index (κ3) is 3.92. The van der Waals surface area contributed by atoms with E-state index in [1.165, 1.54) is 0 Å². The van der Waals surface area contributed by atoms with Gasteiger partial charge >= 0.3 is 0 Å². The van der Waals surface area contributed by atoms with Crippen LogP contribution in [0.25, 0.3) is 0 Å². The van der Waals surface area contributed by atoms with Crippen LogP contribution in [0.5, 0.6) is 11.5 Å². The van der Waals surface area contributed by atoms with Crippen molar-refractivity contribution in [1.82, 2.24) is 0 Å². The first-order chi connectivity index (χ1) is 7.29. The Hall–Kier alpha value is -0.410. The highest BCUT2D eigenvalue weighted by atomic mass is 79.9. The smallest absolute Gasteiger partial charge is 0.137 e. The molecule has 2 nitrogen and oxygen atoms in total. The first kappa shape index (κ1) is 12.7. The van der Waals surface area contributed by atoms with Gasteiger partial charge < -0.3 is 9.47 Å². The van der Waals surface area contributed by atoms with Gasteiger partial charge in [-0.1, -0.05) is 13.0 Å². The van der Waals surface area contributed by atoms with Crippen molar-refractivity contribution in [2.24, 2.45) is 0 Å². The number of hydrogen-bond acceptors (Lipinski definition) is 2. The standard InChI is InChI=1S/C11H14BrClO2/c1-2-7-14-9-4-3-5-10(11(9)12)15-8-6-13/h3-5H,2,6-8H2,1H3. The highest BCUT2D eigenvalue weighted by Gasteiger charge is 2.07. The van der Waals surface area contributed by atoms with E-state index < -0.39 is 0 Å². The van der Waals surface area contributed by atoms with Crippen molar-refractivity contribution in [3.8, 4) is 11.5 Å². The Morgan fingerprint density at radius 1 is 1.20 bits per heavy atom. The lowest BCUT2D eigenvalue weighted by atomic mass is 10.3. The van der Waals surface area contributed by atoms with Gasteiger partial charge in [-0.15, -0.1) is 11.6 Å². The van der Waals surface area contributed by atoms with Crippen molar-refractivity contribution in [3.63, 3.8) is 0 Å². The van der Waals surface area contributed by atoms with Crippen molar-refractivity contribution in [1.29, 1.82) is 0 Å². The van der Waals surface area contributed by atoms with Crippen molar-refractivity contribution in [2.75, 3.05) is 19.1 Å². The SMILES string of the molecule is CCCOc1cccc(OCCCl)c1Br. The van der Waals surface area contributed by atoms with E-state index in [9.17, 15) is 0 Å². The van der Waals surface area contributed by atoms with E-state index in [-0.39, 0.29) is 0 Å². The molecule has 84 valence electrons. The molecular weight excluding hydrogens is 279 g/mol. The average Bonchev–Trinajstić information content (AvgIpc) is 2.26. The summed E-state index contributed by atoms with van der Waals surface area (Å²) in [5.74, 6) is 2.06. The molecule has 0 atom stereocenters. The predicted molar refractivity (Wildman–Crippen MR) is 66.1 cm³/mol. The largest absolute Gasteiger partial charge is 0.492 e. The molecule has 0 heterocycles.